The standard InChI is InChI=1S/C20H17Cl2N3O3.ClH/c1-20(2)16-17(19(23)26)24-25(14-7-4-10(21)8-13(14)22)18(16)12-6-5-11(27-3)9-15(12)28-20;/h4-9H,1-3H3,(H2,23,26);1H. The van der Waals surface area contributed by atoms with Crippen molar-refractivity contribution in [2.75, 3.05) is 7.11 Å². The van der Waals surface area contributed by atoms with E-state index in [2.05, 4.69) is 5.10 Å². The highest BCUT2D eigenvalue weighted by Gasteiger charge is 2.41. The van der Waals surface area contributed by atoms with Crippen molar-refractivity contribution in [3.63, 3.8) is 0 Å². The topological polar surface area (TPSA) is 79.4 Å². The van der Waals surface area contributed by atoms with Crippen molar-refractivity contribution in [1.82, 2.24) is 9.78 Å². The second-order valence-electron chi connectivity index (χ2n) is 6.92. The number of halogens is 3. The number of primary amides is 1. The molecule has 9 heteroatoms. The molecule has 0 atom stereocenters. The lowest BCUT2D eigenvalue weighted by Gasteiger charge is -2.33. The Balaban J connectivity index is 0.00000240. The van der Waals surface area contributed by atoms with Gasteiger partial charge in [0.25, 0.3) is 5.91 Å². The predicted molar refractivity (Wildman–Crippen MR) is 115 cm³/mol. The molecule has 0 saturated heterocycles. The Morgan fingerprint density at radius 1 is 1.21 bits per heavy atom. The summed E-state index contributed by atoms with van der Waals surface area (Å²) in [5, 5.41) is 5.39. The number of ether oxygens (including phenoxy) is 2. The van der Waals surface area contributed by atoms with E-state index >= 15 is 0 Å². The number of rotatable bonds is 3. The molecule has 4 rings (SSSR count). The Labute approximate surface area is 183 Å². The van der Waals surface area contributed by atoms with Gasteiger partial charge in [-0.2, -0.15) is 5.10 Å². The number of methoxy groups -OCH3 is 1. The highest BCUT2D eigenvalue weighted by molar-refractivity contribution is 6.35. The van der Waals surface area contributed by atoms with Crippen molar-refractivity contribution in [3.8, 4) is 28.4 Å². The van der Waals surface area contributed by atoms with Crippen LogP contribution in [-0.4, -0.2) is 22.8 Å². The molecule has 0 saturated carbocycles. The molecular formula is C20H18Cl3N3O3. The molecule has 1 amide bonds. The molecule has 2 N–H and O–H groups in total. The molecule has 1 aliphatic rings. The summed E-state index contributed by atoms with van der Waals surface area (Å²) in [7, 11) is 1.59. The minimum absolute atomic E-state index is 0. The molecule has 6 nitrogen and oxygen atoms in total. The first kappa shape index (κ1) is 21.3. The zero-order chi connectivity index (χ0) is 20.2. The van der Waals surface area contributed by atoms with E-state index < -0.39 is 11.5 Å². The minimum Gasteiger partial charge on any atom is -0.497 e. The minimum atomic E-state index is -0.851. The number of carbonyl (C=O) groups excluding carboxylic acids is 1. The molecule has 0 unspecified atom stereocenters. The Morgan fingerprint density at radius 3 is 2.55 bits per heavy atom. The first-order chi connectivity index (χ1) is 13.2. The van der Waals surface area contributed by atoms with Crippen molar-refractivity contribution in [2.24, 2.45) is 5.73 Å². The summed E-state index contributed by atoms with van der Waals surface area (Å²) in [5.41, 5.74) is 7.53. The summed E-state index contributed by atoms with van der Waals surface area (Å²) in [5.74, 6) is 0.622. The van der Waals surface area contributed by atoms with Gasteiger partial charge in [0.2, 0.25) is 0 Å². The van der Waals surface area contributed by atoms with Crippen LogP contribution < -0.4 is 15.2 Å². The average molecular weight is 455 g/mol. The maximum Gasteiger partial charge on any atom is 0.269 e. The summed E-state index contributed by atoms with van der Waals surface area (Å²) in [6.45, 7) is 3.71. The SMILES string of the molecule is COc1ccc2c(c1)OC(C)(C)c1c(C(N)=O)nn(-c3ccc(Cl)cc3Cl)c1-2.Cl. The monoisotopic (exact) mass is 453 g/mol. The van der Waals surface area contributed by atoms with Gasteiger partial charge in [-0.25, -0.2) is 4.68 Å². The third-order valence-electron chi connectivity index (χ3n) is 4.67. The Bertz CT molecular complexity index is 1130. The third-order valence-corrected chi connectivity index (χ3v) is 5.21. The van der Waals surface area contributed by atoms with E-state index in [-0.39, 0.29) is 18.1 Å². The van der Waals surface area contributed by atoms with Crippen LogP contribution in [-0.2, 0) is 5.60 Å². The van der Waals surface area contributed by atoms with Crippen molar-refractivity contribution in [2.45, 2.75) is 19.4 Å². The second-order valence-corrected chi connectivity index (χ2v) is 7.76. The second kappa shape index (κ2) is 7.44. The number of hydrogen-bond acceptors (Lipinski definition) is 4. The normalized spacial score (nSPS) is 13.6. The molecule has 1 aromatic heterocycles. The molecule has 0 aliphatic carbocycles. The fourth-order valence-electron chi connectivity index (χ4n) is 3.47. The first-order valence-electron chi connectivity index (χ1n) is 8.49. The van der Waals surface area contributed by atoms with Crippen LogP contribution in [0, 0.1) is 0 Å². The quantitative estimate of drug-likeness (QED) is 0.604. The largest absolute Gasteiger partial charge is 0.497 e. The molecule has 0 radical (unpaired) electrons. The zero-order valence-electron chi connectivity index (χ0n) is 15.8. The van der Waals surface area contributed by atoms with Gasteiger partial charge in [0.15, 0.2) is 5.69 Å². The molecule has 29 heavy (non-hydrogen) atoms. The Kier molecular flexibility index (Phi) is 5.47. The van der Waals surface area contributed by atoms with Gasteiger partial charge in [-0.1, -0.05) is 23.2 Å². The van der Waals surface area contributed by atoms with Gasteiger partial charge in [0, 0.05) is 16.7 Å². The molecule has 0 bridgehead atoms. The van der Waals surface area contributed by atoms with Crippen molar-refractivity contribution in [1.29, 1.82) is 0 Å². The summed E-state index contributed by atoms with van der Waals surface area (Å²) in [4.78, 5) is 12.2. The molecule has 0 spiro atoms. The summed E-state index contributed by atoms with van der Waals surface area (Å²) in [6, 6.07) is 10.5. The van der Waals surface area contributed by atoms with Gasteiger partial charge >= 0.3 is 0 Å². The number of benzene rings is 2. The van der Waals surface area contributed by atoms with E-state index in [1.54, 1.807) is 36.1 Å². The number of nitrogens with zero attached hydrogens (tertiary/aromatic N) is 2. The van der Waals surface area contributed by atoms with Crippen molar-refractivity contribution in [3.05, 3.63) is 57.7 Å². The summed E-state index contributed by atoms with van der Waals surface area (Å²) < 4.78 is 13.1. The van der Waals surface area contributed by atoms with Gasteiger partial charge < -0.3 is 15.2 Å². The maximum absolute atomic E-state index is 12.2. The van der Waals surface area contributed by atoms with Crippen LogP contribution in [0.2, 0.25) is 10.0 Å². The van der Waals surface area contributed by atoms with E-state index in [0.717, 1.165) is 5.56 Å². The maximum atomic E-state index is 12.2. The third kappa shape index (κ3) is 3.41. The lowest BCUT2D eigenvalue weighted by Crippen LogP contribution is -2.32. The fourth-order valence-corrected chi connectivity index (χ4v) is 3.96. The van der Waals surface area contributed by atoms with Crippen LogP contribution in [0.5, 0.6) is 11.5 Å². The van der Waals surface area contributed by atoms with Crippen LogP contribution in [0.3, 0.4) is 0 Å². The van der Waals surface area contributed by atoms with Gasteiger partial charge in [0.1, 0.15) is 17.1 Å². The van der Waals surface area contributed by atoms with Crippen LogP contribution in [0.15, 0.2) is 36.4 Å². The Morgan fingerprint density at radius 2 is 1.93 bits per heavy atom. The number of fused-ring (bicyclic) bond motifs is 3. The molecule has 0 fully saturated rings. The van der Waals surface area contributed by atoms with Crippen LogP contribution in [0.25, 0.3) is 16.9 Å². The van der Waals surface area contributed by atoms with Crippen molar-refractivity contribution >= 4 is 41.5 Å². The van der Waals surface area contributed by atoms with E-state index in [9.17, 15) is 4.79 Å². The van der Waals surface area contributed by atoms with Crippen molar-refractivity contribution < 1.29 is 14.3 Å². The lowest BCUT2D eigenvalue weighted by atomic mass is 9.88. The molecule has 2 aromatic carbocycles. The van der Waals surface area contributed by atoms with Crippen LogP contribution >= 0.6 is 35.6 Å². The lowest BCUT2D eigenvalue weighted by molar-refractivity contribution is 0.0934. The molecular weight excluding hydrogens is 437 g/mol. The van der Waals surface area contributed by atoms with E-state index in [1.165, 1.54) is 0 Å². The van der Waals surface area contributed by atoms with E-state index in [4.69, 9.17) is 38.4 Å². The molecule has 1 aliphatic heterocycles. The number of hydrogen-bond donors (Lipinski definition) is 1. The summed E-state index contributed by atoms with van der Waals surface area (Å²) in [6.07, 6.45) is 0. The smallest absolute Gasteiger partial charge is 0.269 e. The molecule has 2 heterocycles. The first-order valence-corrected chi connectivity index (χ1v) is 9.24. The molecule has 3 aromatic rings. The van der Waals surface area contributed by atoms with Crippen LogP contribution in [0.4, 0.5) is 0 Å². The molecule has 152 valence electrons. The zero-order valence-corrected chi connectivity index (χ0v) is 18.2. The van der Waals surface area contributed by atoms with Gasteiger partial charge in [-0.05, 0) is 44.2 Å². The highest BCUT2D eigenvalue weighted by Crippen LogP contribution is 2.48. The highest BCUT2D eigenvalue weighted by atomic mass is 35.5. The number of amides is 1. The van der Waals surface area contributed by atoms with E-state index in [0.29, 0.717) is 38.5 Å². The van der Waals surface area contributed by atoms with E-state index in [1.807, 2.05) is 26.0 Å². The van der Waals surface area contributed by atoms with Crippen LogP contribution in [0.1, 0.15) is 29.9 Å². The summed E-state index contributed by atoms with van der Waals surface area (Å²) >= 11 is 12.5. The number of aromatic nitrogens is 2. The Hall–Kier alpha value is -2.41. The fraction of sp³-hybridized carbons (Fsp3) is 0.200. The van der Waals surface area contributed by atoms with Gasteiger partial charge in [-0.15, -0.1) is 12.4 Å². The number of nitrogens with two attached hydrogens (primary N) is 1. The number of carbonyl (C=O) groups is 1. The predicted octanol–water partition coefficient (Wildman–Crippen LogP) is 5.00. The average Bonchev–Trinajstić information content (AvgIpc) is 3.03. The van der Waals surface area contributed by atoms with Gasteiger partial charge in [0.05, 0.1) is 29.1 Å². The van der Waals surface area contributed by atoms with Gasteiger partial charge in [-0.3, -0.25) is 4.79 Å².